The summed E-state index contributed by atoms with van der Waals surface area (Å²) in [5.41, 5.74) is 16.8. The first kappa shape index (κ1) is 33.0. The molecule has 57 heavy (non-hydrogen) atoms. The van der Waals surface area contributed by atoms with Gasteiger partial charge in [-0.05, 0) is 102 Å². The van der Waals surface area contributed by atoms with E-state index in [-0.39, 0.29) is 0 Å². The number of para-hydroxylation sites is 3. The second-order valence-electron chi connectivity index (χ2n) is 14.9. The number of benzene rings is 8. The van der Waals surface area contributed by atoms with Gasteiger partial charge in [0.1, 0.15) is 0 Å². The molecule has 3 heteroatoms. The number of nitrogens with zero attached hydrogens (tertiary/aromatic N) is 3. The Balaban J connectivity index is 1.23. The summed E-state index contributed by atoms with van der Waals surface area (Å²) in [7, 11) is 0. The van der Waals surface area contributed by atoms with Crippen LogP contribution in [0.3, 0.4) is 0 Å². The molecule has 0 spiro atoms. The number of rotatable bonds is 7. The van der Waals surface area contributed by atoms with E-state index in [1.807, 2.05) is 0 Å². The third-order valence-electron chi connectivity index (χ3n) is 11.5. The van der Waals surface area contributed by atoms with Gasteiger partial charge in [-0.2, -0.15) is 0 Å². The molecule has 1 aliphatic carbocycles. The maximum Gasteiger partial charge on any atom is 0.0788 e. The highest BCUT2D eigenvalue weighted by atomic mass is 15.1. The third-order valence-corrected chi connectivity index (χ3v) is 11.5. The van der Waals surface area contributed by atoms with Crippen LogP contribution in [0.15, 0.2) is 206 Å². The van der Waals surface area contributed by atoms with E-state index >= 15 is 0 Å². The Kier molecular flexibility index (Phi) is 7.96. The average molecular weight is 730 g/mol. The number of anilines is 3. The van der Waals surface area contributed by atoms with Gasteiger partial charge in [-0.1, -0.05) is 146 Å². The predicted molar refractivity (Wildman–Crippen MR) is 241 cm³/mol. The van der Waals surface area contributed by atoms with E-state index < -0.39 is 0 Å². The molecule has 2 heterocycles. The van der Waals surface area contributed by atoms with E-state index in [1.54, 1.807) is 0 Å². The first-order chi connectivity index (χ1) is 28.3. The Morgan fingerprint density at radius 2 is 0.947 bits per heavy atom. The molecule has 0 bridgehead atoms. The quantitative estimate of drug-likeness (QED) is 0.159. The van der Waals surface area contributed by atoms with E-state index in [4.69, 9.17) is 0 Å². The molecule has 0 aliphatic heterocycles. The predicted octanol–water partition coefficient (Wildman–Crippen LogP) is 14.5. The molecule has 2 aromatic heterocycles. The third kappa shape index (κ3) is 5.58. The second kappa shape index (κ2) is 13.7. The monoisotopic (exact) mass is 729 g/mol. The number of hydrogen-bond donors (Lipinski definition) is 0. The smallest absolute Gasteiger partial charge is 0.0788 e. The number of fused-ring (bicyclic) bond motifs is 7. The Morgan fingerprint density at radius 3 is 1.61 bits per heavy atom. The normalized spacial score (nSPS) is 12.4. The number of allylic oxidation sites excluding steroid dienone is 1. The number of aromatic nitrogens is 2. The van der Waals surface area contributed by atoms with Gasteiger partial charge in [0.2, 0.25) is 0 Å². The number of hydrogen-bond acceptors (Lipinski definition) is 1. The van der Waals surface area contributed by atoms with Gasteiger partial charge in [-0.3, -0.25) is 0 Å². The van der Waals surface area contributed by atoms with Crippen LogP contribution in [0.1, 0.15) is 17.7 Å². The summed E-state index contributed by atoms with van der Waals surface area (Å²) in [6.45, 7) is 0. The van der Waals surface area contributed by atoms with Gasteiger partial charge in [0.15, 0.2) is 0 Å². The molecule has 0 saturated carbocycles. The van der Waals surface area contributed by atoms with Crippen molar-refractivity contribution >= 4 is 55.8 Å². The zero-order chi connectivity index (χ0) is 37.7. The van der Waals surface area contributed by atoms with E-state index in [2.05, 4.69) is 226 Å². The lowest BCUT2D eigenvalue weighted by molar-refractivity contribution is 0.889. The zero-order valence-electron chi connectivity index (χ0n) is 31.5. The first-order valence-corrected chi connectivity index (χ1v) is 19.8. The summed E-state index contributed by atoms with van der Waals surface area (Å²) in [5, 5.41) is 3.76. The molecule has 0 radical (unpaired) electrons. The molecule has 0 saturated heterocycles. The minimum atomic E-state index is 0.969. The van der Waals surface area contributed by atoms with Crippen molar-refractivity contribution in [2.24, 2.45) is 0 Å². The van der Waals surface area contributed by atoms with Crippen molar-refractivity contribution in [1.29, 1.82) is 0 Å². The van der Waals surface area contributed by atoms with E-state index in [0.717, 1.165) is 35.6 Å². The van der Waals surface area contributed by atoms with Crippen LogP contribution >= 0.6 is 0 Å². The molecular weight excluding hydrogens is 691 g/mol. The van der Waals surface area contributed by atoms with Crippen molar-refractivity contribution in [3.63, 3.8) is 0 Å². The van der Waals surface area contributed by atoms with Gasteiger partial charge in [-0.25, -0.2) is 0 Å². The summed E-state index contributed by atoms with van der Waals surface area (Å²) in [4.78, 5) is 2.35. The van der Waals surface area contributed by atoms with Gasteiger partial charge < -0.3 is 14.0 Å². The minimum Gasteiger partial charge on any atom is -0.311 e. The van der Waals surface area contributed by atoms with Crippen LogP contribution in [-0.2, 0) is 6.42 Å². The molecule has 8 aromatic carbocycles. The molecule has 270 valence electrons. The zero-order valence-corrected chi connectivity index (χ0v) is 31.5. The molecule has 0 N–H and O–H groups in total. The van der Waals surface area contributed by atoms with Crippen LogP contribution in [0.5, 0.6) is 0 Å². The van der Waals surface area contributed by atoms with E-state index in [9.17, 15) is 0 Å². The van der Waals surface area contributed by atoms with Crippen molar-refractivity contribution in [1.82, 2.24) is 9.13 Å². The molecule has 11 rings (SSSR count). The Bertz CT molecular complexity index is 3000. The van der Waals surface area contributed by atoms with Crippen molar-refractivity contribution in [2.75, 3.05) is 4.90 Å². The largest absolute Gasteiger partial charge is 0.311 e. The molecule has 10 aromatic rings. The van der Waals surface area contributed by atoms with Crippen LogP contribution in [0.4, 0.5) is 17.1 Å². The maximum absolute atomic E-state index is 2.59. The Morgan fingerprint density at radius 1 is 0.386 bits per heavy atom. The van der Waals surface area contributed by atoms with Gasteiger partial charge in [0.25, 0.3) is 0 Å². The van der Waals surface area contributed by atoms with Crippen molar-refractivity contribution in [3.05, 3.63) is 218 Å². The van der Waals surface area contributed by atoms with Crippen LogP contribution in [0.2, 0.25) is 0 Å². The van der Waals surface area contributed by atoms with Crippen molar-refractivity contribution in [3.8, 4) is 33.6 Å². The lowest BCUT2D eigenvalue weighted by Gasteiger charge is -2.26. The van der Waals surface area contributed by atoms with E-state index in [1.165, 1.54) is 71.9 Å². The van der Waals surface area contributed by atoms with Crippen LogP contribution < -0.4 is 4.90 Å². The van der Waals surface area contributed by atoms with Crippen molar-refractivity contribution in [2.45, 2.75) is 12.8 Å². The van der Waals surface area contributed by atoms with Crippen molar-refractivity contribution < 1.29 is 0 Å². The summed E-state index contributed by atoms with van der Waals surface area (Å²) in [6.07, 6.45) is 6.67. The minimum absolute atomic E-state index is 0.969. The van der Waals surface area contributed by atoms with Crippen LogP contribution in [0, 0.1) is 0 Å². The summed E-state index contributed by atoms with van der Waals surface area (Å²) in [6, 6.07) is 72.7. The molecule has 0 unspecified atom stereocenters. The molecule has 0 atom stereocenters. The van der Waals surface area contributed by atoms with Crippen LogP contribution in [-0.4, -0.2) is 9.13 Å². The lowest BCUT2D eigenvalue weighted by Crippen LogP contribution is -2.10. The fraction of sp³-hybridized carbons (Fsp3) is 0.0370. The van der Waals surface area contributed by atoms with Gasteiger partial charge >= 0.3 is 0 Å². The highest BCUT2D eigenvalue weighted by Crippen LogP contribution is 2.44. The maximum atomic E-state index is 2.59. The second-order valence-corrected chi connectivity index (χ2v) is 14.9. The molecule has 1 aliphatic rings. The Labute approximate surface area is 332 Å². The van der Waals surface area contributed by atoms with Gasteiger partial charge in [-0.15, -0.1) is 0 Å². The summed E-state index contributed by atoms with van der Waals surface area (Å²) in [5.74, 6) is 0. The average Bonchev–Trinajstić information content (AvgIpc) is 3.81. The molecular formula is C54H39N3. The highest BCUT2D eigenvalue weighted by molar-refractivity contribution is 6.19. The molecule has 3 nitrogen and oxygen atoms in total. The SMILES string of the molecule is C1=Cc2c(n(-c3cc(-c4ccccc4)cc(-c4ccccc4)c3)c3c2ccc2c4ccccc4n(-c4cccc(N(c5ccccc5)c5ccccc5)c4)c23)CC1. The standard InChI is InChI=1S/C54H39N3/c1-5-18-38(19-6-1)40-34-41(39-20-7-2-8-21-39)36-46(35-40)57-52-31-16-14-29-48(52)50-33-32-49-47-28-13-15-30-51(47)56(53(49)54(50)57)45-27-17-26-44(37-45)55(42-22-9-3-10-23-42)43-24-11-4-12-25-43/h1-15,17-30,32-37H,16,31H2. The highest BCUT2D eigenvalue weighted by Gasteiger charge is 2.25. The fourth-order valence-electron chi connectivity index (χ4n) is 9.01. The van der Waals surface area contributed by atoms with Gasteiger partial charge in [0, 0.05) is 55.9 Å². The lowest BCUT2D eigenvalue weighted by atomic mass is 9.97. The van der Waals surface area contributed by atoms with Crippen LogP contribution in [0.25, 0.3) is 72.4 Å². The fourth-order valence-corrected chi connectivity index (χ4v) is 9.01. The Hall–Kier alpha value is -7.36. The molecule has 0 amide bonds. The molecule has 0 fully saturated rings. The summed E-state index contributed by atoms with van der Waals surface area (Å²) >= 11 is 0. The topological polar surface area (TPSA) is 13.1 Å². The van der Waals surface area contributed by atoms with Gasteiger partial charge in [0.05, 0.1) is 16.6 Å². The first-order valence-electron chi connectivity index (χ1n) is 19.8. The van der Waals surface area contributed by atoms with E-state index in [0.29, 0.717) is 0 Å². The summed E-state index contributed by atoms with van der Waals surface area (Å²) < 4.78 is 5.10.